The fourth-order valence-electron chi connectivity index (χ4n) is 3.04. The van der Waals surface area contributed by atoms with Crippen molar-refractivity contribution in [2.45, 2.75) is 13.5 Å². The second-order valence-corrected chi connectivity index (χ2v) is 6.39. The molecule has 0 saturated carbocycles. The lowest BCUT2D eigenvalue weighted by Gasteiger charge is -2.18. The van der Waals surface area contributed by atoms with Crippen LogP contribution in [0.15, 0.2) is 59.6 Å². The van der Waals surface area contributed by atoms with Gasteiger partial charge in [-0.1, -0.05) is 24.3 Å². The van der Waals surface area contributed by atoms with Crippen molar-refractivity contribution in [1.29, 1.82) is 0 Å². The summed E-state index contributed by atoms with van der Waals surface area (Å²) in [6.07, 6.45) is 4.39. The highest BCUT2D eigenvalue weighted by atomic mass is 16.5. The smallest absolute Gasteiger partial charge is 0.195 e. The Hall–Kier alpha value is -3.15. The van der Waals surface area contributed by atoms with Crippen LogP contribution in [-0.4, -0.2) is 39.8 Å². The minimum atomic E-state index is 0.597. The molecule has 28 heavy (non-hydrogen) atoms. The number of nitrogens with one attached hydrogen (secondary N) is 2. The first-order chi connectivity index (χ1) is 13.7. The van der Waals surface area contributed by atoms with Gasteiger partial charge in [0.15, 0.2) is 17.5 Å². The van der Waals surface area contributed by atoms with Crippen LogP contribution in [0.1, 0.15) is 12.5 Å². The maximum absolute atomic E-state index is 5.56. The summed E-state index contributed by atoms with van der Waals surface area (Å²) < 4.78 is 11.0. The molecule has 1 aliphatic rings. The second kappa shape index (κ2) is 9.69. The Bertz CT molecular complexity index is 823. The van der Waals surface area contributed by atoms with Gasteiger partial charge in [0.2, 0.25) is 0 Å². The van der Waals surface area contributed by atoms with Gasteiger partial charge in [-0.2, -0.15) is 0 Å². The minimum absolute atomic E-state index is 0.597. The third-order valence-electron chi connectivity index (χ3n) is 4.53. The van der Waals surface area contributed by atoms with Crippen molar-refractivity contribution in [3.8, 4) is 11.5 Å². The number of rotatable bonds is 7. The van der Waals surface area contributed by atoms with Crippen LogP contribution in [0.25, 0.3) is 0 Å². The first kappa shape index (κ1) is 19.6. The van der Waals surface area contributed by atoms with Crippen LogP contribution in [-0.2, 0) is 6.54 Å². The molecular formula is C22H28N4O2. The molecule has 6 nitrogen and oxygen atoms in total. The van der Waals surface area contributed by atoms with Gasteiger partial charge in [0.05, 0.1) is 13.7 Å². The lowest BCUT2D eigenvalue weighted by molar-refractivity contribution is 0.311. The zero-order chi connectivity index (χ0) is 19.8. The lowest BCUT2D eigenvalue weighted by Crippen LogP contribution is -2.30. The van der Waals surface area contributed by atoms with Gasteiger partial charge in [-0.3, -0.25) is 4.99 Å². The van der Waals surface area contributed by atoms with Crippen molar-refractivity contribution >= 4 is 17.3 Å². The summed E-state index contributed by atoms with van der Waals surface area (Å²) in [6.45, 7) is 5.21. The lowest BCUT2D eigenvalue weighted by atomic mass is 10.2. The highest BCUT2D eigenvalue weighted by molar-refractivity contribution is 5.93. The van der Waals surface area contributed by atoms with Crippen molar-refractivity contribution in [1.82, 2.24) is 5.32 Å². The van der Waals surface area contributed by atoms with Crippen LogP contribution in [0.5, 0.6) is 11.5 Å². The summed E-state index contributed by atoms with van der Waals surface area (Å²) in [5.74, 6) is 2.11. The molecule has 0 atom stereocenters. The number of anilines is 2. The maximum Gasteiger partial charge on any atom is 0.195 e. The Morgan fingerprint density at radius 2 is 1.82 bits per heavy atom. The fourth-order valence-corrected chi connectivity index (χ4v) is 3.04. The van der Waals surface area contributed by atoms with E-state index in [1.807, 2.05) is 25.1 Å². The quantitative estimate of drug-likeness (QED) is 0.436. The Labute approximate surface area is 166 Å². The zero-order valence-electron chi connectivity index (χ0n) is 16.7. The Balaban J connectivity index is 1.57. The molecule has 0 aromatic heterocycles. The van der Waals surface area contributed by atoms with Crippen LogP contribution in [0.2, 0.25) is 0 Å². The molecule has 0 bridgehead atoms. The van der Waals surface area contributed by atoms with E-state index in [-0.39, 0.29) is 0 Å². The monoisotopic (exact) mass is 380 g/mol. The molecule has 2 N–H and O–H groups in total. The third-order valence-corrected chi connectivity index (χ3v) is 4.53. The van der Waals surface area contributed by atoms with E-state index in [0.29, 0.717) is 24.9 Å². The highest BCUT2D eigenvalue weighted by Crippen LogP contribution is 2.30. The summed E-state index contributed by atoms with van der Waals surface area (Å²) >= 11 is 0. The van der Waals surface area contributed by atoms with E-state index >= 15 is 0 Å². The van der Waals surface area contributed by atoms with E-state index in [1.54, 1.807) is 14.2 Å². The fraction of sp³-hybridized carbons (Fsp3) is 0.318. The van der Waals surface area contributed by atoms with Gasteiger partial charge in [0, 0.05) is 44.1 Å². The SMILES string of the molecule is CCOc1ccc(NC(=NC)NCc2ccc(N3CC=CC3)cc2)cc1OC. The zero-order valence-corrected chi connectivity index (χ0v) is 16.7. The van der Waals surface area contributed by atoms with Gasteiger partial charge in [0.25, 0.3) is 0 Å². The molecule has 0 unspecified atom stereocenters. The van der Waals surface area contributed by atoms with Crippen LogP contribution >= 0.6 is 0 Å². The maximum atomic E-state index is 5.56. The molecule has 0 radical (unpaired) electrons. The van der Waals surface area contributed by atoms with Crippen molar-refractivity contribution < 1.29 is 9.47 Å². The predicted octanol–water partition coefficient (Wildman–Crippen LogP) is 3.66. The molecule has 3 rings (SSSR count). The standard InChI is InChI=1S/C22H28N4O2/c1-4-28-20-12-9-18(15-21(20)27-3)25-22(23-2)24-16-17-7-10-19(11-8-17)26-13-5-6-14-26/h5-12,15H,4,13-14,16H2,1-3H3,(H2,23,24,25). The van der Waals surface area contributed by atoms with Crippen LogP contribution < -0.4 is 25.0 Å². The molecule has 6 heteroatoms. The summed E-state index contributed by atoms with van der Waals surface area (Å²) in [5.41, 5.74) is 3.33. The number of ether oxygens (including phenoxy) is 2. The molecule has 1 aliphatic heterocycles. The summed E-state index contributed by atoms with van der Waals surface area (Å²) in [7, 11) is 3.39. The minimum Gasteiger partial charge on any atom is -0.493 e. The number of hydrogen-bond acceptors (Lipinski definition) is 4. The molecule has 0 spiro atoms. The number of nitrogens with zero attached hydrogens (tertiary/aromatic N) is 2. The van der Waals surface area contributed by atoms with Gasteiger partial charge in [-0.05, 0) is 36.8 Å². The molecule has 0 amide bonds. The first-order valence-corrected chi connectivity index (χ1v) is 9.51. The Morgan fingerprint density at radius 3 is 2.46 bits per heavy atom. The molecular weight excluding hydrogens is 352 g/mol. The molecule has 148 valence electrons. The van der Waals surface area contributed by atoms with Crippen molar-refractivity contribution in [3.05, 3.63) is 60.2 Å². The van der Waals surface area contributed by atoms with Gasteiger partial charge in [-0.25, -0.2) is 0 Å². The van der Waals surface area contributed by atoms with Crippen LogP contribution in [0.3, 0.4) is 0 Å². The average molecular weight is 380 g/mol. The molecule has 0 saturated heterocycles. The topological polar surface area (TPSA) is 58.1 Å². The van der Waals surface area contributed by atoms with E-state index in [1.165, 1.54) is 11.3 Å². The van der Waals surface area contributed by atoms with E-state index < -0.39 is 0 Å². The van der Waals surface area contributed by atoms with Gasteiger partial charge in [0.1, 0.15) is 0 Å². The molecule has 0 aliphatic carbocycles. The average Bonchev–Trinajstić information content (AvgIpc) is 3.27. The van der Waals surface area contributed by atoms with E-state index in [0.717, 1.165) is 24.5 Å². The second-order valence-electron chi connectivity index (χ2n) is 6.39. The predicted molar refractivity (Wildman–Crippen MR) is 116 cm³/mol. The molecule has 2 aromatic carbocycles. The van der Waals surface area contributed by atoms with Crippen LogP contribution in [0.4, 0.5) is 11.4 Å². The van der Waals surface area contributed by atoms with E-state index in [2.05, 4.69) is 56.9 Å². The number of guanidine groups is 1. The molecule has 2 aromatic rings. The molecule has 0 fully saturated rings. The molecule has 1 heterocycles. The Morgan fingerprint density at radius 1 is 1.07 bits per heavy atom. The number of aliphatic imine (C=N–C) groups is 1. The summed E-state index contributed by atoms with van der Waals surface area (Å²) in [4.78, 5) is 6.63. The van der Waals surface area contributed by atoms with Gasteiger partial charge < -0.3 is 25.0 Å². The number of methoxy groups -OCH3 is 1. The normalized spacial score (nSPS) is 13.5. The van der Waals surface area contributed by atoms with E-state index in [4.69, 9.17) is 9.47 Å². The third kappa shape index (κ3) is 4.97. The summed E-state index contributed by atoms with van der Waals surface area (Å²) in [6, 6.07) is 14.4. The van der Waals surface area contributed by atoms with Crippen LogP contribution in [0, 0.1) is 0 Å². The van der Waals surface area contributed by atoms with Crippen molar-refractivity contribution in [3.63, 3.8) is 0 Å². The number of hydrogen-bond donors (Lipinski definition) is 2. The van der Waals surface area contributed by atoms with Crippen molar-refractivity contribution in [2.75, 3.05) is 44.1 Å². The highest BCUT2D eigenvalue weighted by Gasteiger charge is 2.08. The van der Waals surface area contributed by atoms with Gasteiger partial charge in [-0.15, -0.1) is 0 Å². The van der Waals surface area contributed by atoms with Gasteiger partial charge >= 0.3 is 0 Å². The largest absolute Gasteiger partial charge is 0.493 e. The number of benzene rings is 2. The van der Waals surface area contributed by atoms with Crippen molar-refractivity contribution in [2.24, 2.45) is 4.99 Å². The van der Waals surface area contributed by atoms with E-state index in [9.17, 15) is 0 Å². The summed E-state index contributed by atoms with van der Waals surface area (Å²) in [5, 5.41) is 6.63. The first-order valence-electron chi connectivity index (χ1n) is 9.51. The Kier molecular flexibility index (Phi) is 6.78.